The van der Waals surface area contributed by atoms with Crippen LogP contribution in [0.4, 0.5) is 5.82 Å². The molecule has 1 unspecified atom stereocenters. The first-order chi connectivity index (χ1) is 11.6. The third-order valence-electron chi connectivity index (χ3n) is 4.34. The van der Waals surface area contributed by atoms with Crippen LogP contribution in [0.3, 0.4) is 0 Å². The zero-order valence-electron chi connectivity index (χ0n) is 14.2. The number of likely N-dealkylation sites (N-methyl/N-ethyl adjacent to an activating group) is 1. The normalized spacial score (nSPS) is 17.8. The van der Waals surface area contributed by atoms with E-state index in [0.29, 0.717) is 5.56 Å². The highest BCUT2D eigenvalue weighted by Crippen LogP contribution is 2.22. The van der Waals surface area contributed by atoms with Gasteiger partial charge in [-0.2, -0.15) is 5.10 Å². The van der Waals surface area contributed by atoms with E-state index < -0.39 is 0 Å². The second-order valence-corrected chi connectivity index (χ2v) is 6.74. The minimum Gasteiger partial charge on any atom is -0.354 e. The number of hydrogen-bond donors (Lipinski definition) is 0. The van der Waals surface area contributed by atoms with Gasteiger partial charge in [0.2, 0.25) is 0 Å². The van der Waals surface area contributed by atoms with Gasteiger partial charge in [0, 0.05) is 45.6 Å². The highest BCUT2D eigenvalue weighted by Gasteiger charge is 2.28. The summed E-state index contributed by atoms with van der Waals surface area (Å²) in [6, 6.07) is 2.10. The fraction of sp³-hybridized carbons (Fsp3) is 0.500. The molecule has 24 heavy (non-hydrogen) atoms. The Bertz CT molecular complexity index is 718. The topological polar surface area (TPSA) is 67.2 Å². The second-order valence-electron chi connectivity index (χ2n) is 5.96. The monoisotopic (exact) mass is 346 g/mol. The van der Waals surface area contributed by atoms with Crippen molar-refractivity contribution in [1.29, 1.82) is 0 Å². The molecular weight excluding hydrogens is 324 g/mol. The second kappa shape index (κ2) is 7.21. The summed E-state index contributed by atoms with van der Waals surface area (Å²) in [5.74, 6) is 0.948. The van der Waals surface area contributed by atoms with Gasteiger partial charge in [0.05, 0.1) is 11.8 Å². The predicted octanol–water partition coefficient (Wildman–Crippen LogP) is 1.67. The third kappa shape index (κ3) is 3.53. The Balaban J connectivity index is 1.71. The number of hydrogen-bond acceptors (Lipinski definition) is 6. The first-order valence-corrected chi connectivity index (χ1v) is 9.18. The number of amides is 1. The molecule has 3 rings (SSSR count). The van der Waals surface area contributed by atoms with Crippen molar-refractivity contribution in [2.45, 2.75) is 24.0 Å². The van der Waals surface area contributed by atoms with E-state index in [2.05, 4.69) is 20.0 Å². The van der Waals surface area contributed by atoms with Gasteiger partial charge in [0.15, 0.2) is 5.16 Å². The fourth-order valence-corrected chi connectivity index (χ4v) is 3.34. The molecule has 0 spiro atoms. The van der Waals surface area contributed by atoms with Crippen molar-refractivity contribution in [3.8, 4) is 0 Å². The molecule has 2 aromatic heterocycles. The van der Waals surface area contributed by atoms with E-state index in [0.717, 1.165) is 36.9 Å². The Labute approximate surface area is 146 Å². The summed E-state index contributed by atoms with van der Waals surface area (Å²) >= 11 is 1.54. The number of nitrogens with zero attached hydrogens (tertiary/aromatic N) is 6. The third-order valence-corrected chi connectivity index (χ3v) is 4.90. The van der Waals surface area contributed by atoms with Gasteiger partial charge in [0.1, 0.15) is 5.82 Å². The van der Waals surface area contributed by atoms with Gasteiger partial charge in [-0.15, -0.1) is 0 Å². The molecule has 1 aliphatic rings. The van der Waals surface area contributed by atoms with Gasteiger partial charge in [-0.05, 0) is 25.2 Å². The van der Waals surface area contributed by atoms with Crippen LogP contribution in [0, 0.1) is 0 Å². The molecule has 0 saturated carbocycles. The average Bonchev–Trinajstić information content (AvgIpc) is 3.07. The molecule has 8 heteroatoms. The van der Waals surface area contributed by atoms with E-state index in [1.165, 1.54) is 11.8 Å². The van der Waals surface area contributed by atoms with Crippen molar-refractivity contribution in [3.63, 3.8) is 0 Å². The van der Waals surface area contributed by atoms with Crippen molar-refractivity contribution >= 4 is 23.5 Å². The van der Waals surface area contributed by atoms with Crippen molar-refractivity contribution < 1.29 is 4.79 Å². The summed E-state index contributed by atoms with van der Waals surface area (Å²) < 4.78 is 1.65. The molecule has 1 aliphatic heterocycles. The number of aryl methyl sites for hydroxylation is 1. The predicted molar refractivity (Wildman–Crippen MR) is 94.3 cm³/mol. The largest absolute Gasteiger partial charge is 0.354 e. The first kappa shape index (κ1) is 16.8. The minimum absolute atomic E-state index is 0.0161. The molecule has 3 heterocycles. The Morgan fingerprint density at radius 2 is 2.29 bits per heavy atom. The Morgan fingerprint density at radius 1 is 1.46 bits per heavy atom. The highest BCUT2D eigenvalue weighted by molar-refractivity contribution is 7.98. The van der Waals surface area contributed by atoms with Crippen LogP contribution >= 0.6 is 11.8 Å². The van der Waals surface area contributed by atoms with E-state index >= 15 is 0 Å². The van der Waals surface area contributed by atoms with E-state index in [-0.39, 0.29) is 11.9 Å². The highest BCUT2D eigenvalue weighted by atomic mass is 32.2. The molecule has 1 fully saturated rings. The van der Waals surface area contributed by atoms with Crippen molar-refractivity contribution in [2.24, 2.45) is 7.05 Å². The molecule has 128 valence electrons. The van der Waals surface area contributed by atoms with Crippen LogP contribution < -0.4 is 4.90 Å². The molecule has 1 atom stereocenters. The van der Waals surface area contributed by atoms with Crippen molar-refractivity contribution in [2.75, 3.05) is 31.3 Å². The summed E-state index contributed by atoms with van der Waals surface area (Å²) in [4.78, 5) is 25.5. The number of aromatic nitrogens is 4. The van der Waals surface area contributed by atoms with Crippen LogP contribution in [0.15, 0.2) is 29.8 Å². The van der Waals surface area contributed by atoms with Gasteiger partial charge in [-0.1, -0.05) is 11.8 Å². The lowest BCUT2D eigenvalue weighted by Gasteiger charge is -2.38. The Kier molecular flexibility index (Phi) is 5.03. The van der Waals surface area contributed by atoms with Gasteiger partial charge >= 0.3 is 0 Å². The molecule has 0 aliphatic carbocycles. The zero-order chi connectivity index (χ0) is 17.1. The Hall–Kier alpha value is -2.09. The van der Waals surface area contributed by atoms with E-state index in [1.807, 2.05) is 31.3 Å². The maximum absolute atomic E-state index is 12.6. The van der Waals surface area contributed by atoms with Gasteiger partial charge in [-0.3, -0.25) is 9.48 Å². The fourth-order valence-electron chi connectivity index (χ4n) is 2.99. The summed E-state index contributed by atoms with van der Waals surface area (Å²) in [7, 11) is 3.69. The van der Waals surface area contributed by atoms with Crippen molar-refractivity contribution in [3.05, 3.63) is 30.2 Å². The average molecular weight is 346 g/mol. The first-order valence-electron chi connectivity index (χ1n) is 7.96. The van der Waals surface area contributed by atoms with Crippen LogP contribution in [-0.4, -0.2) is 63.0 Å². The molecule has 1 saturated heterocycles. The summed E-state index contributed by atoms with van der Waals surface area (Å²) in [5.41, 5.74) is 0.629. The van der Waals surface area contributed by atoms with Crippen molar-refractivity contribution in [1.82, 2.24) is 24.6 Å². The number of rotatable bonds is 4. The Morgan fingerprint density at radius 3 is 3.00 bits per heavy atom. The number of anilines is 1. The molecule has 7 nitrogen and oxygen atoms in total. The van der Waals surface area contributed by atoms with Crippen LogP contribution in [-0.2, 0) is 7.05 Å². The van der Waals surface area contributed by atoms with E-state index in [1.54, 1.807) is 23.3 Å². The quantitative estimate of drug-likeness (QED) is 0.620. The van der Waals surface area contributed by atoms with E-state index in [4.69, 9.17) is 0 Å². The molecule has 0 bridgehead atoms. The lowest BCUT2D eigenvalue weighted by molar-refractivity contribution is 0.0717. The number of carbonyl (C=O) groups excluding carboxylic acids is 1. The number of carbonyl (C=O) groups is 1. The lowest BCUT2D eigenvalue weighted by Crippen LogP contribution is -2.48. The lowest BCUT2D eigenvalue weighted by atomic mass is 10.0. The number of piperidine rings is 1. The van der Waals surface area contributed by atoms with E-state index in [9.17, 15) is 4.79 Å². The van der Waals surface area contributed by atoms with Gasteiger partial charge in [0.25, 0.3) is 5.91 Å². The molecule has 0 aromatic carbocycles. The molecule has 2 aromatic rings. The van der Waals surface area contributed by atoms with Gasteiger partial charge < -0.3 is 9.80 Å². The summed E-state index contributed by atoms with van der Waals surface area (Å²) in [5, 5.41) is 4.86. The smallest absolute Gasteiger partial charge is 0.257 e. The van der Waals surface area contributed by atoms with Gasteiger partial charge in [-0.25, -0.2) is 9.97 Å². The summed E-state index contributed by atoms with van der Waals surface area (Å²) in [6.45, 7) is 1.74. The number of thioether (sulfide) groups is 1. The minimum atomic E-state index is 0.0161. The van der Waals surface area contributed by atoms with Crippen LogP contribution in [0.5, 0.6) is 0 Å². The van der Waals surface area contributed by atoms with Crippen LogP contribution in [0.25, 0.3) is 0 Å². The maximum Gasteiger partial charge on any atom is 0.257 e. The SMILES string of the molecule is CSc1nccc(N2CCCC(N(C)C(=O)c3cnn(C)c3)C2)n1. The van der Waals surface area contributed by atoms with Crippen LogP contribution in [0.2, 0.25) is 0 Å². The molecule has 0 N–H and O–H groups in total. The zero-order valence-corrected chi connectivity index (χ0v) is 15.0. The molecule has 1 amide bonds. The summed E-state index contributed by atoms with van der Waals surface area (Å²) in [6.07, 6.45) is 9.18. The molecule has 0 radical (unpaired) electrons. The standard InChI is InChI=1S/C16H22N6OS/c1-20-10-12(9-18-20)15(23)21(2)13-5-4-8-22(11-13)14-6-7-17-16(19-14)24-3/h6-7,9-10,13H,4-5,8,11H2,1-3H3. The maximum atomic E-state index is 12.6. The molecular formula is C16H22N6OS. The van der Waals surface area contributed by atoms with Crippen LogP contribution in [0.1, 0.15) is 23.2 Å².